The quantitative estimate of drug-likeness (QED) is 0.322. The van der Waals surface area contributed by atoms with Gasteiger partial charge in [0.15, 0.2) is 11.5 Å². The lowest BCUT2D eigenvalue weighted by molar-refractivity contribution is -0.140. The molecule has 2 aliphatic heterocycles. The topological polar surface area (TPSA) is 88.5 Å². The predicted octanol–water partition coefficient (Wildman–Crippen LogP) is 3.79. The van der Waals surface area contributed by atoms with Crippen molar-refractivity contribution >= 4 is 17.4 Å². The Morgan fingerprint density at radius 3 is 2.56 bits per heavy atom. The van der Waals surface area contributed by atoms with Crippen molar-refractivity contribution in [3.63, 3.8) is 0 Å². The molecule has 1 amide bonds. The fourth-order valence-corrected chi connectivity index (χ4v) is 4.67. The standard InChI is InChI=1S/C28H34N2O6/c1-5-34-22-12-9-19(17-23(22)35-6-2)25-24(27(32)28(33)30(25)14-13-29(3)4)26(31)20-10-11-21-18(16-20)8-7-15-36-21/h9-12,16-17,25,31H,5-8,13-15H2,1-4H3/b26-24+. The van der Waals surface area contributed by atoms with Crippen molar-refractivity contribution in [1.29, 1.82) is 0 Å². The molecule has 2 aromatic carbocycles. The van der Waals surface area contributed by atoms with Crippen LogP contribution in [0.2, 0.25) is 0 Å². The van der Waals surface area contributed by atoms with Gasteiger partial charge in [0.25, 0.3) is 11.7 Å². The van der Waals surface area contributed by atoms with Crippen molar-refractivity contribution in [1.82, 2.24) is 9.80 Å². The summed E-state index contributed by atoms with van der Waals surface area (Å²) in [6, 6.07) is 10.0. The number of nitrogens with zero attached hydrogens (tertiary/aromatic N) is 2. The van der Waals surface area contributed by atoms with Gasteiger partial charge in [0, 0.05) is 18.7 Å². The first kappa shape index (κ1) is 25.6. The molecular weight excluding hydrogens is 460 g/mol. The van der Waals surface area contributed by atoms with Gasteiger partial charge in [0.05, 0.1) is 31.4 Å². The van der Waals surface area contributed by atoms with Gasteiger partial charge < -0.3 is 29.1 Å². The molecule has 36 heavy (non-hydrogen) atoms. The second-order valence-corrected chi connectivity index (χ2v) is 9.14. The predicted molar refractivity (Wildman–Crippen MR) is 137 cm³/mol. The Hall–Kier alpha value is -3.52. The van der Waals surface area contributed by atoms with E-state index >= 15 is 0 Å². The summed E-state index contributed by atoms with van der Waals surface area (Å²) in [6.07, 6.45) is 1.71. The maximum atomic E-state index is 13.3. The van der Waals surface area contributed by atoms with Crippen molar-refractivity contribution in [2.24, 2.45) is 0 Å². The van der Waals surface area contributed by atoms with E-state index in [0.29, 0.717) is 55.5 Å². The van der Waals surface area contributed by atoms with Gasteiger partial charge in [0.1, 0.15) is 11.5 Å². The van der Waals surface area contributed by atoms with Crippen LogP contribution in [-0.4, -0.2) is 73.6 Å². The highest BCUT2D eigenvalue weighted by atomic mass is 16.5. The number of likely N-dealkylation sites (tertiary alicyclic amines) is 1. The molecule has 8 nitrogen and oxygen atoms in total. The molecule has 2 heterocycles. The molecular formula is C28H34N2O6. The third kappa shape index (κ3) is 5.04. The molecule has 0 radical (unpaired) electrons. The molecule has 2 aliphatic rings. The van der Waals surface area contributed by atoms with Gasteiger partial charge >= 0.3 is 0 Å². The van der Waals surface area contributed by atoms with Gasteiger partial charge in [-0.1, -0.05) is 6.07 Å². The summed E-state index contributed by atoms with van der Waals surface area (Å²) < 4.78 is 17.2. The third-order valence-electron chi connectivity index (χ3n) is 6.39. The number of aliphatic hydroxyl groups excluding tert-OH is 1. The fraction of sp³-hybridized carbons (Fsp3) is 0.429. The lowest BCUT2D eigenvalue weighted by Gasteiger charge is -2.27. The van der Waals surface area contributed by atoms with Crippen LogP contribution in [0.4, 0.5) is 0 Å². The first-order valence-corrected chi connectivity index (χ1v) is 12.4. The molecule has 1 N–H and O–H groups in total. The summed E-state index contributed by atoms with van der Waals surface area (Å²) in [5.74, 6) is 0.386. The maximum Gasteiger partial charge on any atom is 0.295 e. The summed E-state index contributed by atoms with van der Waals surface area (Å²) in [6.45, 7) is 6.23. The SMILES string of the molecule is CCOc1ccc(C2/C(=C(\O)c3ccc4c(c3)CCCO4)C(=O)C(=O)N2CCN(C)C)cc1OCC. The van der Waals surface area contributed by atoms with E-state index in [-0.39, 0.29) is 11.3 Å². The molecule has 1 saturated heterocycles. The lowest BCUT2D eigenvalue weighted by Crippen LogP contribution is -2.35. The van der Waals surface area contributed by atoms with Crippen LogP contribution >= 0.6 is 0 Å². The summed E-state index contributed by atoms with van der Waals surface area (Å²) in [5.41, 5.74) is 2.21. The van der Waals surface area contributed by atoms with Crippen LogP contribution in [-0.2, 0) is 16.0 Å². The molecule has 4 rings (SSSR count). The molecule has 0 aliphatic carbocycles. The van der Waals surface area contributed by atoms with E-state index in [1.807, 2.05) is 51.0 Å². The number of carbonyl (C=O) groups excluding carboxylic acids is 2. The number of hydrogen-bond donors (Lipinski definition) is 1. The zero-order chi connectivity index (χ0) is 25.8. The smallest absolute Gasteiger partial charge is 0.295 e. The largest absolute Gasteiger partial charge is 0.507 e. The van der Waals surface area contributed by atoms with E-state index in [1.165, 1.54) is 4.90 Å². The number of fused-ring (bicyclic) bond motifs is 1. The molecule has 0 spiro atoms. The van der Waals surface area contributed by atoms with E-state index in [2.05, 4.69) is 0 Å². The van der Waals surface area contributed by atoms with Gasteiger partial charge in [-0.05, 0) is 82.2 Å². The van der Waals surface area contributed by atoms with E-state index in [1.54, 1.807) is 18.2 Å². The normalized spacial score (nSPS) is 18.8. The number of benzene rings is 2. The van der Waals surface area contributed by atoms with Gasteiger partial charge in [-0.3, -0.25) is 9.59 Å². The third-order valence-corrected chi connectivity index (χ3v) is 6.39. The molecule has 0 bridgehead atoms. The van der Waals surface area contributed by atoms with Crippen LogP contribution in [0.25, 0.3) is 5.76 Å². The number of carbonyl (C=O) groups is 2. The van der Waals surface area contributed by atoms with Crippen LogP contribution in [0.15, 0.2) is 42.0 Å². The zero-order valence-electron chi connectivity index (χ0n) is 21.4. The van der Waals surface area contributed by atoms with E-state index in [4.69, 9.17) is 14.2 Å². The highest BCUT2D eigenvalue weighted by Gasteiger charge is 2.46. The second kappa shape index (κ2) is 11.0. The molecule has 0 aromatic heterocycles. The molecule has 2 aromatic rings. The van der Waals surface area contributed by atoms with Crippen molar-refractivity contribution in [2.75, 3.05) is 47.0 Å². The monoisotopic (exact) mass is 494 g/mol. The summed E-state index contributed by atoms with van der Waals surface area (Å²) >= 11 is 0. The summed E-state index contributed by atoms with van der Waals surface area (Å²) in [7, 11) is 3.82. The average Bonchev–Trinajstić information content (AvgIpc) is 3.13. The molecule has 1 fully saturated rings. The van der Waals surface area contributed by atoms with E-state index in [9.17, 15) is 14.7 Å². The highest BCUT2D eigenvalue weighted by Crippen LogP contribution is 2.42. The summed E-state index contributed by atoms with van der Waals surface area (Å²) in [4.78, 5) is 30.0. The maximum absolute atomic E-state index is 13.3. The number of ether oxygens (including phenoxy) is 3. The minimum absolute atomic E-state index is 0.0713. The fourth-order valence-electron chi connectivity index (χ4n) is 4.67. The number of ketones is 1. The van der Waals surface area contributed by atoms with Crippen molar-refractivity contribution < 1.29 is 28.9 Å². The number of Topliss-reactive ketones (excluding diaryl/α,β-unsaturated/α-hetero) is 1. The Kier molecular flexibility index (Phi) is 7.84. The van der Waals surface area contributed by atoms with Crippen LogP contribution in [0, 0.1) is 0 Å². The van der Waals surface area contributed by atoms with Gasteiger partial charge in [-0.25, -0.2) is 0 Å². The zero-order valence-corrected chi connectivity index (χ0v) is 21.4. The number of amides is 1. The number of aliphatic hydroxyl groups is 1. The van der Waals surface area contributed by atoms with Crippen LogP contribution in [0.1, 0.15) is 43.0 Å². The molecule has 0 saturated carbocycles. The van der Waals surface area contributed by atoms with E-state index in [0.717, 1.165) is 24.2 Å². The van der Waals surface area contributed by atoms with Gasteiger partial charge in [0.2, 0.25) is 0 Å². The number of aryl methyl sites for hydroxylation is 1. The van der Waals surface area contributed by atoms with Gasteiger partial charge in [-0.15, -0.1) is 0 Å². The van der Waals surface area contributed by atoms with Crippen LogP contribution in [0.3, 0.4) is 0 Å². The molecule has 1 atom stereocenters. The van der Waals surface area contributed by atoms with Gasteiger partial charge in [-0.2, -0.15) is 0 Å². The molecule has 8 heteroatoms. The number of likely N-dealkylation sites (N-methyl/N-ethyl adjacent to an activating group) is 1. The molecule has 192 valence electrons. The number of hydrogen-bond acceptors (Lipinski definition) is 7. The Morgan fingerprint density at radius 2 is 1.83 bits per heavy atom. The minimum Gasteiger partial charge on any atom is -0.507 e. The first-order chi connectivity index (χ1) is 17.3. The average molecular weight is 495 g/mol. The second-order valence-electron chi connectivity index (χ2n) is 9.14. The lowest BCUT2D eigenvalue weighted by atomic mass is 9.93. The number of rotatable bonds is 9. The van der Waals surface area contributed by atoms with Crippen molar-refractivity contribution in [2.45, 2.75) is 32.7 Å². The highest BCUT2D eigenvalue weighted by molar-refractivity contribution is 6.46. The Balaban J connectivity index is 1.84. The Labute approximate surface area is 212 Å². The van der Waals surface area contributed by atoms with Crippen molar-refractivity contribution in [3.05, 3.63) is 58.7 Å². The Morgan fingerprint density at radius 1 is 1.08 bits per heavy atom. The minimum atomic E-state index is -0.757. The van der Waals surface area contributed by atoms with Crippen LogP contribution in [0.5, 0.6) is 17.2 Å². The molecule has 1 unspecified atom stereocenters. The first-order valence-electron chi connectivity index (χ1n) is 12.4. The Bertz CT molecular complexity index is 1170. The van der Waals surface area contributed by atoms with E-state index < -0.39 is 17.7 Å². The van der Waals surface area contributed by atoms with Crippen molar-refractivity contribution in [3.8, 4) is 17.2 Å². The summed E-state index contributed by atoms with van der Waals surface area (Å²) in [5, 5.41) is 11.4. The van der Waals surface area contributed by atoms with Crippen LogP contribution < -0.4 is 14.2 Å².